The van der Waals surface area contributed by atoms with Gasteiger partial charge in [0.1, 0.15) is 12.4 Å². The minimum atomic E-state index is -0.278. The molecule has 0 spiro atoms. The summed E-state index contributed by atoms with van der Waals surface area (Å²) < 4.78 is 5.77. The van der Waals surface area contributed by atoms with Crippen LogP contribution in [-0.4, -0.2) is 23.8 Å². The second-order valence-electron chi connectivity index (χ2n) is 5.70. The quantitative estimate of drug-likeness (QED) is 0.729. The van der Waals surface area contributed by atoms with Gasteiger partial charge in [0, 0.05) is 18.3 Å². The molecular formula is C19H24N2O3. The predicted molar refractivity (Wildman–Crippen MR) is 95.3 cm³/mol. The molecular weight excluding hydrogens is 304 g/mol. The maximum absolute atomic E-state index is 12.0. The van der Waals surface area contributed by atoms with E-state index >= 15 is 0 Å². The molecule has 2 aromatic rings. The van der Waals surface area contributed by atoms with E-state index in [1.807, 2.05) is 62.4 Å². The Labute approximate surface area is 142 Å². The highest BCUT2D eigenvalue weighted by molar-refractivity contribution is 5.90. The van der Waals surface area contributed by atoms with Gasteiger partial charge in [-0.25, -0.2) is 4.79 Å². The van der Waals surface area contributed by atoms with Crippen molar-refractivity contribution in [2.75, 3.05) is 11.9 Å². The van der Waals surface area contributed by atoms with Crippen molar-refractivity contribution >= 4 is 11.7 Å². The predicted octanol–water partition coefficient (Wildman–Crippen LogP) is 3.47. The first-order valence-corrected chi connectivity index (χ1v) is 8.05. The van der Waals surface area contributed by atoms with Crippen LogP contribution in [0.25, 0.3) is 0 Å². The third-order valence-corrected chi connectivity index (χ3v) is 3.77. The second-order valence-corrected chi connectivity index (χ2v) is 5.70. The summed E-state index contributed by atoms with van der Waals surface area (Å²) in [6.45, 7) is 4.30. The van der Waals surface area contributed by atoms with Crippen LogP contribution >= 0.6 is 0 Å². The molecule has 2 aromatic carbocycles. The lowest BCUT2D eigenvalue weighted by Gasteiger charge is -2.16. The van der Waals surface area contributed by atoms with Gasteiger partial charge in [-0.05, 0) is 49.6 Å². The summed E-state index contributed by atoms with van der Waals surface area (Å²) in [6.07, 6.45) is 0.525. The first kappa shape index (κ1) is 17.8. The number of aliphatic hydroxyl groups is 1. The van der Waals surface area contributed by atoms with Crippen LogP contribution in [-0.2, 0) is 6.61 Å². The average Bonchev–Trinajstić information content (AvgIpc) is 2.56. The molecule has 0 bridgehead atoms. The van der Waals surface area contributed by atoms with Gasteiger partial charge in [-0.2, -0.15) is 0 Å². The van der Waals surface area contributed by atoms with E-state index in [4.69, 9.17) is 9.84 Å². The number of urea groups is 1. The number of para-hydroxylation sites is 1. The zero-order chi connectivity index (χ0) is 17.4. The Morgan fingerprint density at radius 3 is 2.62 bits per heavy atom. The number of anilines is 1. The van der Waals surface area contributed by atoms with Crippen LogP contribution in [0.1, 0.15) is 24.5 Å². The number of carbonyl (C=O) groups excluding carboxylic acids is 1. The van der Waals surface area contributed by atoms with Crippen molar-refractivity contribution < 1.29 is 14.6 Å². The number of hydrogen-bond donors (Lipinski definition) is 3. The minimum Gasteiger partial charge on any atom is -0.489 e. The van der Waals surface area contributed by atoms with Crippen molar-refractivity contribution in [2.24, 2.45) is 0 Å². The van der Waals surface area contributed by atoms with Crippen molar-refractivity contribution in [1.29, 1.82) is 0 Å². The van der Waals surface area contributed by atoms with Crippen molar-refractivity contribution in [2.45, 2.75) is 32.9 Å². The van der Waals surface area contributed by atoms with E-state index in [0.717, 1.165) is 22.6 Å². The Morgan fingerprint density at radius 1 is 1.17 bits per heavy atom. The molecule has 0 fully saturated rings. The van der Waals surface area contributed by atoms with Gasteiger partial charge in [-0.3, -0.25) is 0 Å². The lowest BCUT2D eigenvalue weighted by Crippen LogP contribution is -2.36. The lowest BCUT2D eigenvalue weighted by molar-refractivity contribution is 0.241. The summed E-state index contributed by atoms with van der Waals surface area (Å²) in [6, 6.07) is 15.0. The van der Waals surface area contributed by atoms with Gasteiger partial charge in [0.05, 0.1) is 0 Å². The van der Waals surface area contributed by atoms with Gasteiger partial charge in [0.2, 0.25) is 0 Å². The van der Waals surface area contributed by atoms with Crippen LogP contribution in [0.4, 0.5) is 10.5 Å². The van der Waals surface area contributed by atoms with Crippen LogP contribution in [0.5, 0.6) is 5.75 Å². The van der Waals surface area contributed by atoms with E-state index < -0.39 is 0 Å². The number of aliphatic hydroxyl groups excluding tert-OH is 1. The number of rotatable bonds is 7. The maximum Gasteiger partial charge on any atom is 0.319 e. The fourth-order valence-corrected chi connectivity index (χ4v) is 2.30. The fraction of sp³-hybridized carbons (Fsp3) is 0.316. The summed E-state index contributed by atoms with van der Waals surface area (Å²) >= 11 is 0. The minimum absolute atomic E-state index is 0.0484. The Balaban J connectivity index is 1.98. The van der Waals surface area contributed by atoms with Crippen molar-refractivity contribution in [3.8, 4) is 5.75 Å². The lowest BCUT2D eigenvalue weighted by atomic mass is 10.1. The summed E-state index contributed by atoms with van der Waals surface area (Å²) in [4.78, 5) is 12.0. The average molecular weight is 328 g/mol. The molecule has 0 unspecified atom stereocenters. The first-order chi connectivity index (χ1) is 11.6. The molecule has 0 aliphatic heterocycles. The van der Waals surface area contributed by atoms with Crippen LogP contribution in [0.2, 0.25) is 0 Å². The monoisotopic (exact) mass is 328 g/mol. The molecule has 0 aliphatic rings. The molecule has 3 N–H and O–H groups in total. The summed E-state index contributed by atoms with van der Waals surface area (Å²) in [5.74, 6) is 0.811. The Bertz CT molecular complexity index is 659. The Hall–Kier alpha value is -2.53. The highest BCUT2D eigenvalue weighted by Crippen LogP contribution is 2.21. The summed E-state index contributed by atoms with van der Waals surface area (Å²) in [5.41, 5.74) is 2.73. The second kappa shape index (κ2) is 8.93. The topological polar surface area (TPSA) is 70.6 Å². The van der Waals surface area contributed by atoms with E-state index in [1.54, 1.807) is 0 Å². The normalized spacial score (nSPS) is 11.6. The van der Waals surface area contributed by atoms with E-state index in [-0.39, 0.29) is 18.7 Å². The van der Waals surface area contributed by atoms with E-state index in [1.165, 1.54) is 0 Å². The van der Waals surface area contributed by atoms with E-state index in [2.05, 4.69) is 10.6 Å². The van der Waals surface area contributed by atoms with Gasteiger partial charge < -0.3 is 20.5 Å². The molecule has 2 amide bonds. The molecule has 128 valence electrons. The zero-order valence-electron chi connectivity index (χ0n) is 14.1. The molecule has 0 aliphatic carbocycles. The number of hydrogen-bond acceptors (Lipinski definition) is 3. The molecule has 5 nitrogen and oxygen atoms in total. The molecule has 0 heterocycles. The van der Waals surface area contributed by atoms with E-state index in [0.29, 0.717) is 13.0 Å². The fourth-order valence-electron chi connectivity index (χ4n) is 2.30. The van der Waals surface area contributed by atoms with Crippen LogP contribution in [0.3, 0.4) is 0 Å². The van der Waals surface area contributed by atoms with Gasteiger partial charge in [-0.1, -0.05) is 30.3 Å². The van der Waals surface area contributed by atoms with Crippen LogP contribution < -0.4 is 15.4 Å². The summed E-state index contributed by atoms with van der Waals surface area (Å²) in [5, 5.41) is 14.5. The van der Waals surface area contributed by atoms with Crippen LogP contribution in [0.15, 0.2) is 48.5 Å². The smallest absolute Gasteiger partial charge is 0.319 e. The molecule has 0 radical (unpaired) electrons. The van der Waals surface area contributed by atoms with Crippen LogP contribution in [0, 0.1) is 6.92 Å². The van der Waals surface area contributed by atoms with E-state index in [9.17, 15) is 4.79 Å². The number of carbonyl (C=O) groups is 1. The molecule has 24 heavy (non-hydrogen) atoms. The summed E-state index contributed by atoms with van der Waals surface area (Å²) in [7, 11) is 0. The molecule has 5 heteroatoms. The number of amides is 2. The molecule has 1 atom stereocenters. The zero-order valence-corrected chi connectivity index (χ0v) is 14.1. The molecule has 2 rings (SSSR count). The maximum atomic E-state index is 12.0. The standard InChI is InChI=1S/C19H24N2O3/c1-14(11-12-22)20-19(23)21-18-10-6-7-16(15(18)2)13-24-17-8-4-3-5-9-17/h3-10,14,22H,11-13H2,1-2H3,(H2,20,21,23)/t14-/m1/s1. The number of benzene rings is 2. The third kappa shape index (κ3) is 5.28. The number of nitrogens with one attached hydrogen (secondary N) is 2. The molecule has 0 aromatic heterocycles. The van der Waals surface area contributed by atoms with Crippen molar-refractivity contribution in [3.05, 3.63) is 59.7 Å². The van der Waals surface area contributed by atoms with Gasteiger partial charge >= 0.3 is 6.03 Å². The third-order valence-electron chi connectivity index (χ3n) is 3.77. The Kier molecular flexibility index (Phi) is 6.63. The SMILES string of the molecule is Cc1c(COc2ccccc2)cccc1NC(=O)N[C@H](C)CCO. The first-order valence-electron chi connectivity index (χ1n) is 8.05. The van der Waals surface area contributed by atoms with Gasteiger partial charge in [-0.15, -0.1) is 0 Å². The van der Waals surface area contributed by atoms with Gasteiger partial charge in [0.25, 0.3) is 0 Å². The molecule has 0 saturated heterocycles. The van der Waals surface area contributed by atoms with Crippen molar-refractivity contribution in [3.63, 3.8) is 0 Å². The highest BCUT2D eigenvalue weighted by atomic mass is 16.5. The largest absolute Gasteiger partial charge is 0.489 e. The van der Waals surface area contributed by atoms with Gasteiger partial charge in [0.15, 0.2) is 0 Å². The highest BCUT2D eigenvalue weighted by Gasteiger charge is 2.10. The Morgan fingerprint density at radius 2 is 1.92 bits per heavy atom. The number of ether oxygens (including phenoxy) is 1. The molecule has 0 saturated carbocycles. The van der Waals surface area contributed by atoms with Crippen molar-refractivity contribution in [1.82, 2.24) is 5.32 Å².